The van der Waals surface area contributed by atoms with Gasteiger partial charge in [0, 0.05) is 16.6 Å². The fourth-order valence-electron chi connectivity index (χ4n) is 2.80. The van der Waals surface area contributed by atoms with Crippen LogP contribution in [0, 0.1) is 0 Å². The second kappa shape index (κ2) is 8.78. The van der Waals surface area contributed by atoms with E-state index in [-0.39, 0.29) is 28.2 Å². The summed E-state index contributed by atoms with van der Waals surface area (Å²) >= 11 is 5.79. The number of benzene rings is 1. The Balaban J connectivity index is 2.65. The van der Waals surface area contributed by atoms with Crippen LogP contribution in [0.25, 0.3) is 11.3 Å². The number of halogens is 4. The largest absolute Gasteiger partial charge is 0.478 e. The van der Waals surface area contributed by atoms with E-state index in [0.717, 1.165) is 18.9 Å². The number of rotatable bonds is 7. The SMILES string of the molecule is CCc1nc(NC(CC)CC)c(OC)nc1-c1ccc(Cl)cc1C(F)(F)F. The van der Waals surface area contributed by atoms with Gasteiger partial charge in [-0.05, 0) is 31.4 Å². The average molecular weight is 402 g/mol. The van der Waals surface area contributed by atoms with Crippen molar-refractivity contribution in [1.29, 1.82) is 0 Å². The van der Waals surface area contributed by atoms with E-state index in [0.29, 0.717) is 17.9 Å². The summed E-state index contributed by atoms with van der Waals surface area (Å²) < 4.78 is 45.9. The summed E-state index contributed by atoms with van der Waals surface area (Å²) in [6, 6.07) is 3.81. The molecule has 0 amide bonds. The Morgan fingerprint density at radius 3 is 2.33 bits per heavy atom. The monoisotopic (exact) mass is 401 g/mol. The summed E-state index contributed by atoms with van der Waals surface area (Å²) in [6.07, 6.45) is -2.39. The van der Waals surface area contributed by atoms with Gasteiger partial charge in [0.2, 0.25) is 0 Å². The van der Waals surface area contributed by atoms with E-state index in [1.807, 2.05) is 20.8 Å². The van der Waals surface area contributed by atoms with Crippen molar-refractivity contribution in [2.75, 3.05) is 12.4 Å². The third kappa shape index (κ3) is 4.83. The maximum absolute atomic E-state index is 13.5. The van der Waals surface area contributed by atoms with E-state index in [1.54, 1.807) is 0 Å². The number of alkyl halides is 3. The molecule has 0 saturated heterocycles. The molecule has 0 atom stereocenters. The van der Waals surface area contributed by atoms with Crippen LogP contribution in [0.15, 0.2) is 18.2 Å². The van der Waals surface area contributed by atoms with Crippen LogP contribution in [0.2, 0.25) is 5.02 Å². The molecule has 1 aromatic carbocycles. The molecule has 148 valence electrons. The van der Waals surface area contributed by atoms with Crippen molar-refractivity contribution in [3.8, 4) is 17.1 Å². The molecule has 0 saturated carbocycles. The van der Waals surface area contributed by atoms with Crippen LogP contribution in [0.5, 0.6) is 5.88 Å². The Bertz CT molecular complexity index is 792. The van der Waals surface area contributed by atoms with Crippen LogP contribution in [0.3, 0.4) is 0 Å². The van der Waals surface area contributed by atoms with Gasteiger partial charge in [0.1, 0.15) is 0 Å². The van der Waals surface area contributed by atoms with Crippen LogP contribution in [0.1, 0.15) is 44.9 Å². The van der Waals surface area contributed by atoms with Crippen molar-refractivity contribution in [3.05, 3.63) is 34.5 Å². The Kier molecular flexibility index (Phi) is 6.92. The summed E-state index contributed by atoms with van der Waals surface area (Å²) in [5, 5.41) is 3.27. The molecule has 0 radical (unpaired) electrons. The van der Waals surface area contributed by atoms with Crippen LogP contribution >= 0.6 is 11.6 Å². The first-order valence-electron chi connectivity index (χ1n) is 8.83. The van der Waals surface area contributed by atoms with Gasteiger partial charge in [-0.1, -0.05) is 38.4 Å². The molecule has 2 aromatic rings. The van der Waals surface area contributed by atoms with Crippen molar-refractivity contribution < 1.29 is 17.9 Å². The van der Waals surface area contributed by atoms with E-state index < -0.39 is 11.7 Å². The molecule has 0 spiro atoms. The van der Waals surface area contributed by atoms with Gasteiger partial charge in [0.15, 0.2) is 5.82 Å². The minimum atomic E-state index is -4.56. The molecule has 1 aromatic heterocycles. The van der Waals surface area contributed by atoms with Crippen LogP contribution in [0.4, 0.5) is 19.0 Å². The molecule has 0 aliphatic carbocycles. The molecule has 27 heavy (non-hydrogen) atoms. The van der Waals surface area contributed by atoms with Gasteiger partial charge < -0.3 is 10.1 Å². The highest BCUT2D eigenvalue weighted by atomic mass is 35.5. The lowest BCUT2D eigenvalue weighted by molar-refractivity contribution is -0.137. The minimum Gasteiger partial charge on any atom is -0.478 e. The lowest BCUT2D eigenvalue weighted by Gasteiger charge is -2.20. The summed E-state index contributed by atoms with van der Waals surface area (Å²) in [4.78, 5) is 8.89. The van der Waals surface area contributed by atoms with E-state index in [9.17, 15) is 13.2 Å². The van der Waals surface area contributed by atoms with Crippen molar-refractivity contribution >= 4 is 17.4 Å². The predicted octanol–water partition coefficient (Wildman–Crippen LogP) is 5.99. The number of ether oxygens (including phenoxy) is 1. The molecule has 0 bridgehead atoms. The molecular formula is C19H23ClF3N3O. The second-order valence-corrected chi connectivity index (χ2v) is 6.51. The third-order valence-electron chi connectivity index (χ3n) is 4.33. The summed E-state index contributed by atoms with van der Waals surface area (Å²) in [5.41, 5.74) is -0.309. The molecule has 0 aliphatic heterocycles. The zero-order valence-corrected chi connectivity index (χ0v) is 16.5. The quantitative estimate of drug-likeness (QED) is 0.619. The number of hydrogen-bond acceptors (Lipinski definition) is 4. The first kappa shape index (κ1) is 21.3. The zero-order chi connectivity index (χ0) is 20.2. The van der Waals surface area contributed by atoms with Crippen molar-refractivity contribution in [3.63, 3.8) is 0 Å². The number of anilines is 1. The van der Waals surface area contributed by atoms with Crippen LogP contribution in [-0.4, -0.2) is 23.1 Å². The maximum atomic E-state index is 13.5. The highest BCUT2D eigenvalue weighted by Crippen LogP contribution is 2.40. The standard InChI is InChI=1S/C19H23ClF3N3O/c1-5-12(6-2)24-17-18(27-4)26-16(15(7-3)25-17)13-9-8-11(20)10-14(13)19(21,22)23/h8-10,12H,5-7H2,1-4H3,(H,24,25). The van der Waals surface area contributed by atoms with Gasteiger partial charge in [-0.2, -0.15) is 13.2 Å². The van der Waals surface area contributed by atoms with E-state index in [1.165, 1.54) is 19.2 Å². The number of methoxy groups -OCH3 is 1. The highest BCUT2D eigenvalue weighted by Gasteiger charge is 2.35. The number of hydrogen-bond donors (Lipinski definition) is 1. The summed E-state index contributed by atoms with van der Waals surface area (Å²) in [6.45, 7) is 5.91. The third-order valence-corrected chi connectivity index (χ3v) is 4.57. The Hall–Kier alpha value is -2.02. The Labute approximate surface area is 162 Å². The first-order valence-corrected chi connectivity index (χ1v) is 9.21. The minimum absolute atomic E-state index is 0.0102. The van der Waals surface area contributed by atoms with E-state index in [4.69, 9.17) is 16.3 Å². The zero-order valence-electron chi connectivity index (χ0n) is 15.7. The lowest BCUT2D eigenvalue weighted by atomic mass is 10.0. The lowest BCUT2D eigenvalue weighted by Crippen LogP contribution is -2.20. The number of nitrogens with zero attached hydrogens (tertiary/aromatic N) is 2. The molecule has 0 unspecified atom stereocenters. The second-order valence-electron chi connectivity index (χ2n) is 6.08. The smallest absolute Gasteiger partial charge is 0.417 e. The fraction of sp³-hybridized carbons (Fsp3) is 0.474. The molecule has 8 heteroatoms. The van der Waals surface area contributed by atoms with Crippen LogP contribution < -0.4 is 10.1 Å². The first-order chi connectivity index (χ1) is 12.7. The van der Waals surface area contributed by atoms with Crippen molar-refractivity contribution in [2.24, 2.45) is 0 Å². The van der Waals surface area contributed by atoms with Gasteiger partial charge in [0.05, 0.1) is 24.1 Å². The number of aryl methyl sites for hydroxylation is 1. The Morgan fingerprint density at radius 1 is 1.15 bits per heavy atom. The topological polar surface area (TPSA) is 47.0 Å². The van der Waals surface area contributed by atoms with Crippen molar-refractivity contribution in [2.45, 2.75) is 52.3 Å². The van der Waals surface area contributed by atoms with Gasteiger partial charge in [0.25, 0.3) is 5.88 Å². The number of nitrogens with one attached hydrogen (secondary N) is 1. The highest BCUT2D eigenvalue weighted by molar-refractivity contribution is 6.30. The Morgan fingerprint density at radius 2 is 1.81 bits per heavy atom. The van der Waals surface area contributed by atoms with Gasteiger partial charge in [-0.3, -0.25) is 0 Å². The van der Waals surface area contributed by atoms with Gasteiger partial charge in [-0.25, -0.2) is 9.97 Å². The fourth-order valence-corrected chi connectivity index (χ4v) is 2.97. The van der Waals surface area contributed by atoms with Crippen molar-refractivity contribution in [1.82, 2.24) is 9.97 Å². The molecule has 0 fully saturated rings. The van der Waals surface area contributed by atoms with Gasteiger partial charge >= 0.3 is 6.18 Å². The average Bonchev–Trinajstić information content (AvgIpc) is 2.64. The summed E-state index contributed by atoms with van der Waals surface area (Å²) in [5.74, 6) is 0.603. The van der Waals surface area contributed by atoms with E-state index in [2.05, 4.69) is 15.3 Å². The molecule has 0 aliphatic rings. The van der Waals surface area contributed by atoms with Crippen LogP contribution in [-0.2, 0) is 12.6 Å². The van der Waals surface area contributed by atoms with E-state index >= 15 is 0 Å². The summed E-state index contributed by atoms with van der Waals surface area (Å²) in [7, 11) is 1.42. The maximum Gasteiger partial charge on any atom is 0.417 e. The normalized spacial score (nSPS) is 11.7. The number of aromatic nitrogens is 2. The molecule has 1 heterocycles. The molecular weight excluding hydrogens is 379 g/mol. The molecule has 1 N–H and O–H groups in total. The van der Waals surface area contributed by atoms with Gasteiger partial charge in [-0.15, -0.1) is 0 Å². The molecule has 2 rings (SSSR count). The molecule has 4 nitrogen and oxygen atoms in total. The predicted molar refractivity (Wildman–Crippen MR) is 101 cm³/mol.